The van der Waals surface area contributed by atoms with Crippen LogP contribution in [-0.4, -0.2) is 41.1 Å². The average Bonchev–Trinajstić information content (AvgIpc) is 2.85. The molecule has 2 aromatic rings. The van der Waals surface area contributed by atoms with Gasteiger partial charge in [-0.25, -0.2) is 13.1 Å². The number of sulfone groups is 1. The van der Waals surface area contributed by atoms with Crippen LogP contribution in [0.2, 0.25) is 0 Å². The average molecular weight is 371 g/mol. The van der Waals surface area contributed by atoms with Crippen LogP contribution < -0.4 is 10.6 Å². The van der Waals surface area contributed by atoms with Gasteiger partial charge in [0.2, 0.25) is 5.16 Å². The van der Waals surface area contributed by atoms with E-state index in [4.69, 9.17) is 10.6 Å². The molecule has 2 N–H and O–H groups in total. The van der Waals surface area contributed by atoms with Crippen molar-refractivity contribution in [1.29, 1.82) is 0 Å². The van der Waals surface area contributed by atoms with Gasteiger partial charge in [0.25, 0.3) is 0 Å². The van der Waals surface area contributed by atoms with Crippen molar-refractivity contribution in [3.8, 4) is 5.75 Å². The first-order chi connectivity index (χ1) is 11.3. The lowest BCUT2D eigenvalue weighted by molar-refractivity contribution is 0.291. The molecule has 0 radical (unpaired) electrons. The van der Waals surface area contributed by atoms with Crippen molar-refractivity contribution in [2.24, 2.45) is 0 Å². The summed E-state index contributed by atoms with van der Waals surface area (Å²) < 4.78 is 29.3. The molecule has 2 rings (SSSR count). The summed E-state index contributed by atoms with van der Waals surface area (Å²) in [5.74, 6) is 8.05. The summed E-state index contributed by atoms with van der Waals surface area (Å²) in [4.78, 5) is 0. The van der Waals surface area contributed by atoms with Gasteiger partial charge in [-0.15, -0.1) is 10.2 Å². The molecule has 0 saturated heterocycles. The highest BCUT2D eigenvalue weighted by Crippen LogP contribution is 2.20. The quantitative estimate of drug-likeness (QED) is 0.559. The summed E-state index contributed by atoms with van der Waals surface area (Å²) in [5.41, 5.74) is 1.24. The molecular weight excluding hydrogens is 348 g/mol. The van der Waals surface area contributed by atoms with Crippen molar-refractivity contribution in [1.82, 2.24) is 14.9 Å². The molecule has 0 aliphatic heterocycles. The minimum atomic E-state index is -3.00. The number of aromatic nitrogens is 3. The normalized spacial score (nSPS) is 11.8. The van der Waals surface area contributed by atoms with E-state index in [9.17, 15) is 8.42 Å². The van der Waals surface area contributed by atoms with E-state index >= 15 is 0 Å². The largest absolute Gasteiger partial charge is 0.486 e. The molecule has 0 bridgehead atoms. The Morgan fingerprint density at radius 3 is 2.50 bits per heavy atom. The Kier molecular flexibility index (Phi) is 6.11. The van der Waals surface area contributed by atoms with Crippen LogP contribution in [0.1, 0.15) is 31.2 Å². The number of nitrogen functional groups attached to an aromatic ring is 1. The van der Waals surface area contributed by atoms with E-state index in [0.29, 0.717) is 22.7 Å². The number of nitrogens with two attached hydrogens (primary N) is 1. The molecule has 0 atom stereocenters. The smallest absolute Gasteiger partial charge is 0.209 e. The van der Waals surface area contributed by atoms with Gasteiger partial charge < -0.3 is 10.6 Å². The highest BCUT2D eigenvalue weighted by atomic mass is 32.2. The fraction of sp³-hybridized carbons (Fsp3) is 0.467. The maximum Gasteiger partial charge on any atom is 0.209 e. The second-order valence-corrected chi connectivity index (χ2v) is 9.08. The van der Waals surface area contributed by atoms with Gasteiger partial charge in [-0.05, 0) is 23.6 Å². The third-order valence-corrected chi connectivity index (χ3v) is 5.48. The van der Waals surface area contributed by atoms with E-state index in [-0.39, 0.29) is 12.4 Å². The number of benzene rings is 1. The molecule has 132 valence electrons. The van der Waals surface area contributed by atoms with Gasteiger partial charge in [-0.1, -0.05) is 37.7 Å². The van der Waals surface area contributed by atoms with E-state index in [1.54, 1.807) is 0 Å². The third-order valence-electron chi connectivity index (χ3n) is 3.34. The highest BCUT2D eigenvalue weighted by molar-refractivity contribution is 8.00. The number of hydrogen-bond donors (Lipinski definition) is 1. The Morgan fingerprint density at radius 1 is 1.25 bits per heavy atom. The molecule has 1 heterocycles. The molecule has 1 aromatic carbocycles. The van der Waals surface area contributed by atoms with E-state index < -0.39 is 9.84 Å². The first kappa shape index (κ1) is 18.6. The van der Waals surface area contributed by atoms with Crippen molar-refractivity contribution in [3.63, 3.8) is 0 Å². The predicted octanol–water partition coefficient (Wildman–Crippen LogP) is 1.83. The number of nitrogens with zero attached hydrogens (tertiary/aromatic N) is 3. The van der Waals surface area contributed by atoms with E-state index in [1.165, 1.54) is 28.3 Å². The Balaban J connectivity index is 1.91. The van der Waals surface area contributed by atoms with Crippen molar-refractivity contribution in [2.45, 2.75) is 31.5 Å². The molecule has 0 aliphatic rings. The van der Waals surface area contributed by atoms with Crippen LogP contribution in [0.4, 0.5) is 0 Å². The minimum absolute atomic E-state index is 0.0680. The minimum Gasteiger partial charge on any atom is -0.486 e. The van der Waals surface area contributed by atoms with Crippen LogP contribution in [0.3, 0.4) is 0 Å². The van der Waals surface area contributed by atoms with Crippen LogP contribution in [0, 0.1) is 0 Å². The number of ether oxygens (including phenoxy) is 1. The Hall–Kier alpha value is -1.74. The molecule has 7 nitrogen and oxygen atoms in total. The lowest BCUT2D eigenvalue weighted by Crippen LogP contribution is -2.16. The summed E-state index contributed by atoms with van der Waals surface area (Å²) >= 11 is 1.25. The first-order valence-electron chi connectivity index (χ1n) is 7.49. The monoisotopic (exact) mass is 370 g/mol. The summed E-state index contributed by atoms with van der Waals surface area (Å²) in [5, 5.41) is 8.41. The van der Waals surface area contributed by atoms with E-state index in [2.05, 4.69) is 24.0 Å². The molecule has 1 aromatic heterocycles. The topological polar surface area (TPSA) is 100 Å². The Labute approximate surface area is 146 Å². The van der Waals surface area contributed by atoms with Gasteiger partial charge in [-0.3, -0.25) is 0 Å². The van der Waals surface area contributed by atoms with E-state index in [0.717, 1.165) is 5.75 Å². The lowest BCUT2D eigenvalue weighted by Gasteiger charge is -2.08. The molecule has 24 heavy (non-hydrogen) atoms. The van der Waals surface area contributed by atoms with Gasteiger partial charge in [0.1, 0.15) is 22.2 Å². The summed E-state index contributed by atoms with van der Waals surface area (Å²) in [6.07, 6.45) is 1.20. The number of rotatable bonds is 8. The molecule has 0 amide bonds. The Bertz CT molecular complexity index is 771. The molecule has 0 fully saturated rings. The predicted molar refractivity (Wildman–Crippen MR) is 95.5 cm³/mol. The zero-order valence-electron chi connectivity index (χ0n) is 14.0. The number of hydrogen-bond acceptors (Lipinski definition) is 7. The fourth-order valence-electron chi connectivity index (χ4n) is 1.89. The van der Waals surface area contributed by atoms with Gasteiger partial charge >= 0.3 is 0 Å². The van der Waals surface area contributed by atoms with Crippen LogP contribution in [0.15, 0.2) is 29.4 Å². The second-order valence-electron chi connectivity index (χ2n) is 5.76. The van der Waals surface area contributed by atoms with Crippen LogP contribution >= 0.6 is 11.8 Å². The zero-order valence-corrected chi connectivity index (χ0v) is 15.6. The first-order valence-corrected chi connectivity index (χ1v) is 10.5. The summed E-state index contributed by atoms with van der Waals surface area (Å²) in [7, 11) is -3.00. The number of thioether (sulfide) groups is 1. The molecule has 0 unspecified atom stereocenters. The molecular formula is C15H22N4O3S2. The van der Waals surface area contributed by atoms with Crippen LogP contribution in [-0.2, 0) is 16.4 Å². The van der Waals surface area contributed by atoms with Crippen molar-refractivity contribution < 1.29 is 13.2 Å². The molecule has 0 spiro atoms. The third kappa shape index (κ3) is 5.41. The van der Waals surface area contributed by atoms with Gasteiger partial charge in [-0.2, -0.15) is 0 Å². The van der Waals surface area contributed by atoms with Crippen LogP contribution in [0.5, 0.6) is 5.75 Å². The van der Waals surface area contributed by atoms with Crippen molar-refractivity contribution in [3.05, 3.63) is 35.7 Å². The Morgan fingerprint density at radius 2 is 1.92 bits per heavy atom. The second kappa shape index (κ2) is 7.89. The molecule has 0 saturated carbocycles. The van der Waals surface area contributed by atoms with Gasteiger partial charge in [0.15, 0.2) is 5.82 Å². The van der Waals surface area contributed by atoms with Crippen LogP contribution in [0.25, 0.3) is 0 Å². The maximum atomic E-state index is 11.1. The van der Waals surface area contributed by atoms with Gasteiger partial charge in [0.05, 0.1) is 5.75 Å². The summed E-state index contributed by atoms with van der Waals surface area (Å²) in [6, 6.07) is 7.88. The highest BCUT2D eigenvalue weighted by Gasteiger charge is 2.12. The standard InChI is InChI=1S/C15H22N4O3S2/c1-11(2)12-4-6-13(7-5-12)22-10-14-17-18-15(19(14)16)23-8-9-24(3,20)21/h4-7,11H,8-10,16H2,1-3H3. The zero-order chi connectivity index (χ0) is 17.7. The van der Waals surface area contributed by atoms with Gasteiger partial charge in [0, 0.05) is 12.0 Å². The lowest BCUT2D eigenvalue weighted by atomic mass is 10.0. The fourth-order valence-corrected chi connectivity index (χ4v) is 3.96. The van der Waals surface area contributed by atoms with E-state index in [1.807, 2.05) is 24.3 Å². The van der Waals surface area contributed by atoms with Crippen molar-refractivity contribution >= 4 is 21.6 Å². The molecule has 9 heteroatoms. The maximum absolute atomic E-state index is 11.1. The summed E-state index contributed by atoms with van der Waals surface area (Å²) in [6.45, 7) is 4.46. The SMILES string of the molecule is CC(C)c1ccc(OCc2nnc(SCCS(C)(=O)=O)n2N)cc1. The van der Waals surface area contributed by atoms with Crippen molar-refractivity contribution in [2.75, 3.05) is 23.6 Å². The molecule has 0 aliphatic carbocycles.